The molecular formula is C30H21ClN4O. The van der Waals surface area contributed by atoms with Crippen molar-refractivity contribution in [2.24, 2.45) is 7.05 Å². The van der Waals surface area contributed by atoms with E-state index in [0.29, 0.717) is 16.1 Å². The maximum absolute atomic E-state index is 9.90. The Labute approximate surface area is 214 Å². The second kappa shape index (κ2) is 10.1. The Bertz CT molecular complexity index is 1650. The molecule has 36 heavy (non-hydrogen) atoms. The maximum Gasteiger partial charge on any atom is 0.124 e. The Morgan fingerprint density at radius 2 is 1.69 bits per heavy atom. The van der Waals surface area contributed by atoms with Crippen molar-refractivity contribution in [3.05, 3.63) is 124 Å². The SMILES string of the molecule is Cn1cncc1C(OCc1ccc(C#N)c(Cl)c1)c1ccc(C#N)c(-c2cccc3ccccc23)c1. The lowest BCUT2D eigenvalue weighted by Gasteiger charge is -2.21. The van der Waals surface area contributed by atoms with Crippen LogP contribution in [-0.2, 0) is 18.4 Å². The third-order valence-electron chi connectivity index (χ3n) is 6.24. The molecule has 0 bridgehead atoms. The van der Waals surface area contributed by atoms with E-state index < -0.39 is 6.10 Å². The highest BCUT2D eigenvalue weighted by Crippen LogP contribution is 2.35. The van der Waals surface area contributed by atoms with Crippen molar-refractivity contribution in [1.29, 1.82) is 10.5 Å². The van der Waals surface area contributed by atoms with Crippen LogP contribution in [0.15, 0.2) is 91.4 Å². The number of nitrogens with zero attached hydrogens (tertiary/aromatic N) is 4. The molecule has 174 valence electrons. The first kappa shape index (κ1) is 23.3. The van der Waals surface area contributed by atoms with Crippen molar-refractivity contribution in [1.82, 2.24) is 9.55 Å². The molecule has 5 rings (SSSR count). The second-order valence-corrected chi connectivity index (χ2v) is 8.90. The summed E-state index contributed by atoms with van der Waals surface area (Å²) in [4.78, 5) is 4.29. The van der Waals surface area contributed by atoms with Gasteiger partial charge in [0.25, 0.3) is 0 Å². The average Bonchev–Trinajstić information content (AvgIpc) is 3.34. The number of hydrogen-bond acceptors (Lipinski definition) is 4. The smallest absolute Gasteiger partial charge is 0.124 e. The zero-order chi connectivity index (χ0) is 25.1. The van der Waals surface area contributed by atoms with E-state index in [9.17, 15) is 5.26 Å². The molecule has 0 aliphatic rings. The number of fused-ring (bicyclic) bond motifs is 1. The molecule has 0 spiro atoms. The molecule has 0 fully saturated rings. The second-order valence-electron chi connectivity index (χ2n) is 8.49. The van der Waals surface area contributed by atoms with Crippen LogP contribution in [-0.4, -0.2) is 9.55 Å². The van der Waals surface area contributed by atoms with Crippen LogP contribution in [0.25, 0.3) is 21.9 Å². The summed E-state index contributed by atoms with van der Waals surface area (Å²) < 4.78 is 8.36. The van der Waals surface area contributed by atoms with Crippen LogP contribution in [0.2, 0.25) is 5.02 Å². The van der Waals surface area contributed by atoms with Gasteiger partial charge < -0.3 is 9.30 Å². The van der Waals surface area contributed by atoms with Crippen LogP contribution in [0.4, 0.5) is 0 Å². The summed E-state index contributed by atoms with van der Waals surface area (Å²) in [6.07, 6.45) is 3.08. The summed E-state index contributed by atoms with van der Waals surface area (Å²) in [6.45, 7) is 0.283. The predicted molar refractivity (Wildman–Crippen MR) is 140 cm³/mol. The van der Waals surface area contributed by atoms with Crippen molar-refractivity contribution in [2.45, 2.75) is 12.7 Å². The van der Waals surface area contributed by atoms with Crippen molar-refractivity contribution in [3.63, 3.8) is 0 Å². The van der Waals surface area contributed by atoms with Gasteiger partial charge in [-0.3, -0.25) is 0 Å². The zero-order valence-corrected chi connectivity index (χ0v) is 20.3. The maximum atomic E-state index is 9.90. The molecule has 0 aliphatic heterocycles. The molecule has 1 unspecified atom stereocenters. The van der Waals surface area contributed by atoms with Gasteiger partial charge in [-0.1, -0.05) is 66.2 Å². The molecule has 0 radical (unpaired) electrons. The molecule has 1 heterocycles. The summed E-state index contributed by atoms with van der Waals surface area (Å²) in [5.74, 6) is 0. The number of halogens is 1. The molecule has 4 aromatic carbocycles. The quantitative estimate of drug-likeness (QED) is 0.259. The van der Waals surface area contributed by atoms with Gasteiger partial charge in [-0.05, 0) is 51.7 Å². The van der Waals surface area contributed by atoms with Crippen LogP contribution < -0.4 is 0 Å². The minimum Gasteiger partial charge on any atom is -0.363 e. The lowest BCUT2D eigenvalue weighted by molar-refractivity contribution is 0.0622. The van der Waals surface area contributed by atoms with Gasteiger partial charge in [-0.25, -0.2) is 4.98 Å². The topological polar surface area (TPSA) is 74.6 Å². The lowest BCUT2D eigenvalue weighted by atomic mass is 9.92. The van der Waals surface area contributed by atoms with E-state index in [0.717, 1.165) is 38.7 Å². The van der Waals surface area contributed by atoms with Gasteiger partial charge in [0.05, 0.1) is 47.0 Å². The van der Waals surface area contributed by atoms with Crippen molar-refractivity contribution in [3.8, 4) is 23.3 Å². The zero-order valence-electron chi connectivity index (χ0n) is 19.5. The summed E-state index contributed by atoms with van der Waals surface area (Å²) in [7, 11) is 1.92. The molecule has 5 nitrogen and oxygen atoms in total. The van der Waals surface area contributed by atoms with Crippen LogP contribution in [0, 0.1) is 22.7 Å². The summed E-state index contributed by atoms with van der Waals surface area (Å²) in [6, 6.07) is 29.8. The van der Waals surface area contributed by atoms with E-state index in [-0.39, 0.29) is 6.61 Å². The molecule has 1 atom stereocenters. The fourth-order valence-corrected chi connectivity index (χ4v) is 4.64. The normalized spacial score (nSPS) is 11.7. The molecule has 0 amide bonds. The van der Waals surface area contributed by atoms with Gasteiger partial charge in [0.15, 0.2) is 0 Å². The van der Waals surface area contributed by atoms with E-state index in [1.807, 2.05) is 60.1 Å². The number of benzene rings is 4. The number of aromatic nitrogens is 2. The first-order chi connectivity index (χ1) is 17.6. The summed E-state index contributed by atoms with van der Waals surface area (Å²) >= 11 is 6.23. The Hall–Kier alpha value is -4.42. The van der Waals surface area contributed by atoms with E-state index in [1.165, 1.54) is 0 Å². The highest BCUT2D eigenvalue weighted by molar-refractivity contribution is 6.31. The fraction of sp³-hybridized carbons (Fsp3) is 0.100. The highest BCUT2D eigenvalue weighted by Gasteiger charge is 2.21. The van der Waals surface area contributed by atoms with Gasteiger partial charge in [-0.15, -0.1) is 0 Å². The molecule has 5 aromatic rings. The van der Waals surface area contributed by atoms with Crippen molar-refractivity contribution >= 4 is 22.4 Å². The van der Waals surface area contributed by atoms with Crippen molar-refractivity contribution < 1.29 is 4.74 Å². The monoisotopic (exact) mass is 488 g/mol. The number of nitriles is 2. The fourth-order valence-electron chi connectivity index (χ4n) is 4.40. The number of imidazole rings is 1. The molecule has 0 N–H and O–H groups in total. The Morgan fingerprint density at radius 1 is 0.917 bits per heavy atom. The van der Waals surface area contributed by atoms with Crippen LogP contribution in [0.1, 0.15) is 34.1 Å². The standard InChI is InChI=1S/C30H21ClN4O/c1-35-19-34-17-29(35)30(36-18-20-9-10-24(16-33)28(31)13-20)22-11-12-23(15-32)27(14-22)26-8-4-6-21-5-2-3-7-25(21)26/h2-14,17,19,30H,18H2,1H3. The average molecular weight is 489 g/mol. The van der Waals surface area contributed by atoms with Crippen LogP contribution >= 0.6 is 11.6 Å². The van der Waals surface area contributed by atoms with Gasteiger partial charge in [0.2, 0.25) is 0 Å². The molecule has 0 saturated heterocycles. The van der Waals surface area contributed by atoms with Gasteiger partial charge >= 0.3 is 0 Å². The van der Waals surface area contributed by atoms with E-state index in [1.54, 1.807) is 24.7 Å². The Balaban J connectivity index is 1.58. The van der Waals surface area contributed by atoms with Gasteiger partial charge in [-0.2, -0.15) is 10.5 Å². The minimum absolute atomic E-state index is 0.283. The van der Waals surface area contributed by atoms with E-state index >= 15 is 0 Å². The van der Waals surface area contributed by atoms with Gasteiger partial charge in [0.1, 0.15) is 12.2 Å². The third kappa shape index (κ3) is 4.46. The molecule has 6 heteroatoms. The Morgan fingerprint density at radius 3 is 2.44 bits per heavy atom. The molecule has 0 saturated carbocycles. The first-order valence-electron chi connectivity index (χ1n) is 11.4. The van der Waals surface area contributed by atoms with E-state index in [4.69, 9.17) is 21.6 Å². The lowest BCUT2D eigenvalue weighted by Crippen LogP contribution is -2.11. The van der Waals surface area contributed by atoms with Crippen LogP contribution in [0.3, 0.4) is 0 Å². The minimum atomic E-state index is -0.437. The van der Waals surface area contributed by atoms with Gasteiger partial charge in [0, 0.05) is 12.6 Å². The summed E-state index contributed by atoms with van der Waals surface area (Å²) in [5.41, 5.74) is 5.50. The Kier molecular flexibility index (Phi) is 6.52. The number of aryl methyl sites for hydroxylation is 1. The van der Waals surface area contributed by atoms with E-state index in [2.05, 4.69) is 35.3 Å². The third-order valence-corrected chi connectivity index (χ3v) is 6.55. The molecule has 1 aromatic heterocycles. The predicted octanol–water partition coefficient (Wildman–Crippen LogP) is 6.94. The molecule has 0 aliphatic carbocycles. The number of ether oxygens (including phenoxy) is 1. The number of rotatable bonds is 6. The molecular weight excluding hydrogens is 468 g/mol. The summed E-state index contributed by atoms with van der Waals surface area (Å²) in [5, 5.41) is 21.7. The number of hydrogen-bond donors (Lipinski definition) is 0. The van der Waals surface area contributed by atoms with Crippen LogP contribution in [0.5, 0.6) is 0 Å². The largest absolute Gasteiger partial charge is 0.363 e. The first-order valence-corrected chi connectivity index (χ1v) is 11.8. The highest BCUT2D eigenvalue weighted by atomic mass is 35.5. The van der Waals surface area contributed by atoms with Crippen molar-refractivity contribution in [2.75, 3.05) is 0 Å².